The molecular formula is C14H12N2O2P2+2. The van der Waals surface area contributed by atoms with Crippen molar-refractivity contribution in [1.82, 2.24) is 0 Å². The van der Waals surface area contributed by atoms with Crippen LogP contribution in [0.3, 0.4) is 0 Å². The summed E-state index contributed by atoms with van der Waals surface area (Å²) in [6, 6.07) is 7.99. The van der Waals surface area contributed by atoms with Crippen LogP contribution in [-0.4, -0.2) is 0 Å². The molecule has 0 spiro atoms. The van der Waals surface area contributed by atoms with E-state index in [0.717, 1.165) is 11.1 Å². The molecular weight excluding hydrogens is 290 g/mol. The molecule has 0 aliphatic carbocycles. The Bertz CT molecular complexity index is 720. The van der Waals surface area contributed by atoms with Crippen molar-refractivity contribution in [3.8, 4) is 22.4 Å². The molecule has 98 valence electrons. The minimum atomic E-state index is -0.0740. The molecule has 0 unspecified atom stereocenters. The Labute approximate surface area is 119 Å². The summed E-state index contributed by atoms with van der Waals surface area (Å²) in [6.07, 6.45) is 7.69. The normalized spacial score (nSPS) is 9.40. The van der Waals surface area contributed by atoms with Gasteiger partial charge in [-0.05, 0) is 0 Å². The zero-order valence-corrected chi connectivity index (χ0v) is 12.4. The molecule has 0 radical (unpaired) electrons. The Balaban J connectivity index is 2.17. The van der Waals surface area contributed by atoms with Gasteiger partial charge in [0.05, 0.1) is 0 Å². The van der Waals surface area contributed by atoms with Gasteiger partial charge in [-0.3, -0.25) is 0 Å². The maximum atomic E-state index is 10.3. The molecule has 0 saturated heterocycles. The first kappa shape index (κ1) is 14.7. The Kier molecular flexibility index (Phi) is 5.74. The second-order valence-electron chi connectivity index (χ2n) is 4.02. The van der Waals surface area contributed by atoms with Gasteiger partial charge >= 0.3 is 119 Å². The summed E-state index contributed by atoms with van der Waals surface area (Å²) in [4.78, 5) is 0. The van der Waals surface area contributed by atoms with E-state index in [1.807, 2.05) is 58.2 Å². The first-order chi connectivity index (χ1) is 9.83. The van der Waals surface area contributed by atoms with Crippen molar-refractivity contribution in [2.75, 3.05) is 0 Å². The Morgan fingerprint density at radius 1 is 0.750 bits per heavy atom. The number of nitrogens with zero attached hydrogens (tertiary/aromatic N) is 2. The number of aromatic nitrogens is 2. The van der Waals surface area contributed by atoms with E-state index < -0.39 is 0 Å². The molecule has 0 aromatic carbocycles. The molecule has 2 aromatic heterocycles. The summed E-state index contributed by atoms with van der Waals surface area (Å²) in [6.45, 7) is 1.00. The summed E-state index contributed by atoms with van der Waals surface area (Å²) in [7, 11) is -0.148. The second kappa shape index (κ2) is 7.80. The average Bonchev–Trinajstić information content (AvgIpc) is 2.52. The Morgan fingerprint density at radius 2 is 1.10 bits per heavy atom. The van der Waals surface area contributed by atoms with Gasteiger partial charge in [0.25, 0.3) is 0 Å². The molecule has 0 aliphatic heterocycles. The van der Waals surface area contributed by atoms with E-state index in [1.54, 1.807) is 0 Å². The molecule has 6 heteroatoms. The predicted octanol–water partition coefficient (Wildman–Crippen LogP) is 2.43. The van der Waals surface area contributed by atoms with Crippen LogP contribution in [0.15, 0.2) is 49.1 Å². The van der Waals surface area contributed by atoms with Crippen LogP contribution < -0.4 is 9.13 Å². The molecule has 0 aliphatic rings. The SMILES string of the molecule is O=P#CC[n+]1ccc(-c2cc[n+](CC#P=O)cc2)cc1. The summed E-state index contributed by atoms with van der Waals surface area (Å²) in [5.74, 6) is 0. The monoisotopic (exact) mass is 302 g/mol. The fourth-order valence-corrected chi connectivity index (χ4v) is 2.17. The van der Waals surface area contributed by atoms with Gasteiger partial charge in [-0.2, -0.15) is 0 Å². The number of hydrogen-bond acceptors (Lipinski definition) is 2. The summed E-state index contributed by atoms with van der Waals surface area (Å²) >= 11 is 0. The van der Waals surface area contributed by atoms with Crippen LogP contribution in [0.4, 0.5) is 0 Å². The molecule has 0 saturated carbocycles. The molecule has 0 bridgehead atoms. The van der Waals surface area contributed by atoms with Crippen molar-refractivity contribution in [1.29, 1.82) is 0 Å². The van der Waals surface area contributed by atoms with E-state index in [-0.39, 0.29) is 15.8 Å². The van der Waals surface area contributed by atoms with E-state index in [2.05, 4.69) is 11.3 Å². The third kappa shape index (κ3) is 4.17. The van der Waals surface area contributed by atoms with E-state index in [0.29, 0.717) is 13.1 Å². The van der Waals surface area contributed by atoms with Gasteiger partial charge in [0.15, 0.2) is 0 Å². The van der Waals surface area contributed by atoms with Crippen molar-refractivity contribution in [2.24, 2.45) is 0 Å². The molecule has 2 rings (SSSR count). The molecule has 0 fully saturated rings. The Morgan fingerprint density at radius 3 is 1.40 bits per heavy atom. The van der Waals surface area contributed by atoms with Crippen molar-refractivity contribution in [3.63, 3.8) is 0 Å². The van der Waals surface area contributed by atoms with Crippen LogP contribution in [0, 0.1) is 11.3 Å². The van der Waals surface area contributed by atoms with Gasteiger partial charge in [-0.1, -0.05) is 0 Å². The van der Waals surface area contributed by atoms with E-state index in [9.17, 15) is 9.13 Å². The first-order valence-corrected chi connectivity index (χ1v) is 7.55. The standard InChI is InChI=1S/C14H12N2O2P2/c17-19-11-9-15-5-1-13(2-6-15)14-3-7-16(8-4-14)10-12-20-18/h1-8H,9-10H2/q+2. The van der Waals surface area contributed by atoms with Gasteiger partial charge in [0.1, 0.15) is 0 Å². The fourth-order valence-electron chi connectivity index (χ4n) is 1.73. The zero-order valence-electron chi connectivity index (χ0n) is 10.6. The van der Waals surface area contributed by atoms with Crippen LogP contribution in [0.1, 0.15) is 0 Å². The molecule has 20 heavy (non-hydrogen) atoms. The quantitative estimate of drug-likeness (QED) is 0.645. The average molecular weight is 302 g/mol. The number of hydrogen-bond donors (Lipinski definition) is 0. The minimum absolute atomic E-state index is 0.0740. The van der Waals surface area contributed by atoms with Gasteiger partial charge in [-0.25, -0.2) is 0 Å². The van der Waals surface area contributed by atoms with Crippen LogP contribution >= 0.6 is 15.8 Å². The number of rotatable bonds is 3. The first-order valence-electron chi connectivity index (χ1n) is 5.92. The van der Waals surface area contributed by atoms with Crippen LogP contribution in [0.5, 0.6) is 0 Å². The number of pyridine rings is 2. The van der Waals surface area contributed by atoms with E-state index in [1.165, 1.54) is 0 Å². The van der Waals surface area contributed by atoms with Gasteiger partial charge in [0.2, 0.25) is 0 Å². The molecule has 2 heterocycles. The molecule has 4 nitrogen and oxygen atoms in total. The van der Waals surface area contributed by atoms with E-state index in [4.69, 9.17) is 0 Å². The maximum absolute atomic E-state index is 10.3. The van der Waals surface area contributed by atoms with Crippen molar-refractivity contribution >= 4 is 15.8 Å². The summed E-state index contributed by atoms with van der Waals surface area (Å²) < 4.78 is 24.4. The third-order valence-corrected chi connectivity index (χ3v) is 3.29. The second-order valence-corrected chi connectivity index (χ2v) is 5.01. The molecule has 0 N–H and O–H groups in total. The Hall–Kier alpha value is -1.68. The van der Waals surface area contributed by atoms with Gasteiger partial charge in [0, 0.05) is 0 Å². The predicted molar refractivity (Wildman–Crippen MR) is 75.3 cm³/mol. The zero-order chi connectivity index (χ0) is 14.2. The van der Waals surface area contributed by atoms with Gasteiger partial charge in [-0.15, -0.1) is 0 Å². The summed E-state index contributed by atoms with van der Waals surface area (Å²) in [5.41, 5.74) is 7.59. The van der Waals surface area contributed by atoms with Crippen molar-refractivity contribution in [2.45, 2.75) is 13.1 Å². The topological polar surface area (TPSA) is 41.9 Å². The van der Waals surface area contributed by atoms with Crippen molar-refractivity contribution in [3.05, 3.63) is 49.1 Å². The fraction of sp³-hybridized carbons (Fsp3) is 0.143. The van der Waals surface area contributed by atoms with Crippen molar-refractivity contribution < 1.29 is 18.3 Å². The van der Waals surface area contributed by atoms with Crippen LogP contribution in [-0.2, 0) is 22.2 Å². The summed E-state index contributed by atoms with van der Waals surface area (Å²) in [5, 5.41) is 0. The molecule has 0 atom stereocenters. The van der Waals surface area contributed by atoms with Crippen LogP contribution in [0.25, 0.3) is 11.1 Å². The molecule has 0 amide bonds. The van der Waals surface area contributed by atoms with Crippen LogP contribution in [0.2, 0.25) is 0 Å². The third-order valence-electron chi connectivity index (χ3n) is 2.75. The molecule has 2 aromatic rings. The van der Waals surface area contributed by atoms with E-state index >= 15 is 0 Å². The van der Waals surface area contributed by atoms with Gasteiger partial charge < -0.3 is 0 Å².